The average molecular weight is 514 g/mol. The molecule has 0 spiro atoms. The van der Waals surface area contributed by atoms with Crippen LogP contribution in [0.3, 0.4) is 0 Å². The molecule has 4 heterocycles. The molecule has 3 saturated heterocycles. The standard InChI is InChI=1S/C32H43N5O/c1-4-34(3)31(38)35-19-16-32(17-20-35,25-10-6-5-7-11-25)18-21-36-26-14-15-27(36)23-28(22-26)37-24(2)33-29-12-8-9-13-30(29)37/h5-13,26-28H,4,14-23H2,1-3H3/t26-,27?,28?/m1/s1. The number of amides is 2. The molecule has 2 bridgehead atoms. The van der Waals surface area contributed by atoms with Gasteiger partial charge in [-0.3, -0.25) is 4.90 Å². The molecule has 3 aliphatic heterocycles. The van der Waals surface area contributed by atoms with Crippen LogP contribution in [0.25, 0.3) is 11.0 Å². The molecule has 0 N–H and O–H groups in total. The van der Waals surface area contributed by atoms with Gasteiger partial charge in [-0.1, -0.05) is 42.5 Å². The van der Waals surface area contributed by atoms with Gasteiger partial charge in [0.1, 0.15) is 5.82 Å². The number of rotatable bonds is 6. The number of fused-ring (bicyclic) bond motifs is 3. The van der Waals surface area contributed by atoms with Gasteiger partial charge in [-0.2, -0.15) is 0 Å². The highest BCUT2D eigenvalue weighted by Crippen LogP contribution is 2.45. The monoisotopic (exact) mass is 513 g/mol. The summed E-state index contributed by atoms with van der Waals surface area (Å²) in [6.07, 6.45) is 8.35. The molecule has 3 atom stereocenters. The lowest BCUT2D eigenvalue weighted by Crippen LogP contribution is -2.51. The summed E-state index contributed by atoms with van der Waals surface area (Å²) >= 11 is 0. The molecule has 6 rings (SSSR count). The number of piperidine rings is 2. The van der Waals surface area contributed by atoms with Crippen LogP contribution in [0.1, 0.15) is 69.3 Å². The molecular formula is C32H43N5O. The van der Waals surface area contributed by atoms with E-state index in [1.807, 2.05) is 18.9 Å². The van der Waals surface area contributed by atoms with Gasteiger partial charge in [-0.25, -0.2) is 9.78 Å². The molecule has 2 unspecified atom stereocenters. The smallest absolute Gasteiger partial charge is 0.319 e. The van der Waals surface area contributed by atoms with Crippen molar-refractivity contribution in [3.63, 3.8) is 0 Å². The highest BCUT2D eigenvalue weighted by molar-refractivity contribution is 5.76. The molecular weight excluding hydrogens is 470 g/mol. The van der Waals surface area contributed by atoms with Gasteiger partial charge in [0.05, 0.1) is 11.0 Å². The predicted molar refractivity (Wildman–Crippen MR) is 154 cm³/mol. The normalized spacial score (nSPS) is 25.1. The fourth-order valence-electron chi connectivity index (χ4n) is 7.77. The Bertz CT molecular complexity index is 1250. The lowest BCUT2D eigenvalue weighted by Gasteiger charge is -2.46. The van der Waals surface area contributed by atoms with Gasteiger partial charge < -0.3 is 14.4 Å². The van der Waals surface area contributed by atoms with E-state index in [0.717, 1.165) is 50.4 Å². The summed E-state index contributed by atoms with van der Waals surface area (Å²) in [5, 5.41) is 0. The Kier molecular flexibility index (Phi) is 6.93. The summed E-state index contributed by atoms with van der Waals surface area (Å²) in [5.74, 6) is 1.15. The van der Waals surface area contributed by atoms with Crippen molar-refractivity contribution in [2.45, 2.75) is 82.3 Å². The topological polar surface area (TPSA) is 44.6 Å². The Balaban J connectivity index is 1.17. The van der Waals surface area contributed by atoms with E-state index in [9.17, 15) is 4.79 Å². The Hall–Kier alpha value is -2.86. The largest absolute Gasteiger partial charge is 0.328 e. The van der Waals surface area contributed by atoms with Crippen LogP contribution in [0.15, 0.2) is 54.6 Å². The maximum absolute atomic E-state index is 12.8. The SMILES string of the molecule is CCN(C)C(=O)N1CCC(CCN2C3CC[C@@H]2CC(n2c(C)nc4ccccc42)C3)(c2ccccc2)CC1. The molecule has 3 fully saturated rings. The molecule has 6 nitrogen and oxygen atoms in total. The van der Waals surface area contributed by atoms with E-state index >= 15 is 0 Å². The second-order valence-corrected chi connectivity index (χ2v) is 11.9. The number of urea groups is 1. The Labute approximate surface area is 227 Å². The first-order valence-electron chi connectivity index (χ1n) is 14.7. The lowest BCUT2D eigenvalue weighted by molar-refractivity contribution is 0.0831. The van der Waals surface area contributed by atoms with Crippen LogP contribution in [0, 0.1) is 6.92 Å². The second-order valence-electron chi connectivity index (χ2n) is 11.9. The number of aryl methyl sites for hydroxylation is 1. The van der Waals surface area contributed by atoms with E-state index in [2.05, 4.69) is 75.9 Å². The Morgan fingerprint density at radius 1 is 0.974 bits per heavy atom. The summed E-state index contributed by atoms with van der Waals surface area (Å²) in [6.45, 7) is 7.83. The van der Waals surface area contributed by atoms with Crippen molar-refractivity contribution in [3.05, 3.63) is 66.0 Å². The van der Waals surface area contributed by atoms with E-state index in [0.29, 0.717) is 18.1 Å². The Morgan fingerprint density at radius 3 is 2.32 bits per heavy atom. The molecule has 1 aromatic heterocycles. The van der Waals surface area contributed by atoms with Crippen molar-refractivity contribution in [3.8, 4) is 0 Å². The maximum Gasteiger partial charge on any atom is 0.319 e. The minimum absolute atomic E-state index is 0.149. The van der Waals surface area contributed by atoms with Crippen LogP contribution >= 0.6 is 0 Å². The fraction of sp³-hybridized carbons (Fsp3) is 0.562. The molecule has 0 aliphatic carbocycles. The number of carbonyl (C=O) groups excluding carboxylic acids is 1. The van der Waals surface area contributed by atoms with Crippen LogP contribution in [0.2, 0.25) is 0 Å². The zero-order valence-electron chi connectivity index (χ0n) is 23.4. The number of nitrogens with zero attached hydrogens (tertiary/aromatic N) is 5. The molecule has 2 aromatic carbocycles. The zero-order valence-corrected chi connectivity index (χ0v) is 23.4. The van der Waals surface area contributed by atoms with E-state index in [1.54, 1.807) is 0 Å². The van der Waals surface area contributed by atoms with Gasteiger partial charge >= 0.3 is 6.03 Å². The average Bonchev–Trinajstić information content (AvgIpc) is 3.42. The highest BCUT2D eigenvalue weighted by Gasteiger charge is 2.44. The van der Waals surface area contributed by atoms with E-state index in [4.69, 9.17) is 4.98 Å². The van der Waals surface area contributed by atoms with Crippen molar-refractivity contribution < 1.29 is 4.79 Å². The third kappa shape index (κ3) is 4.51. The van der Waals surface area contributed by atoms with Gasteiger partial charge in [0.15, 0.2) is 0 Å². The first-order chi connectivity index (χ1) is 18.5. The number of aromatic nitrogens is 2. The van der Waals surface area contributed by atoms with Crippen LogP contribution < -0.4 is 0 Å². The molecule has 6 heteroatoms. The van der Waals surface area contributed by atoms with Gasteiger partial charge in [-0.15, -0.1) is 0 Å². The number of carbonyl (C=O) groups is 1. The summed E-state index contributed by atoms with van der Waals surface area (Å²) in [7, 11) is 1.91. The van der Waals surface area contributed by atoms with Crippen molar-refractivity contribution in [2.24, 2.45) is 0 Å². The molecule has 0 radical (unpaired) electrons. The first kappa shape index (κ1) is 25.4. The fourth-order valence-corrected chi connectivity index (χ4v) is 7.77. The molecule has 2 amide bonds. The van der Waals surface area contributed by atoms with Crippen molar-refractivity contribution >= 4 is 17.1 Å². The van der Waals surface area contributed by atoms with Gasteiger partial charge in [0.2, 0.25) is 0 Å². The number of benzene rings is 2. The lowest BCUT2D eigenvalue weighted by atomic mass is 9.70. The minimum Gasteiger partial charge on any atom is -0.328 e. The second kappa shape index (κ2) is 10.4. The summed E-state index contributed by atoms with van der Waals surface area (Å²) in [6, 6.07) is 21.8. The number of hydrogen-bond acceptors (Lipinski definition) is 3. The summed E-state index contributed by atoms with van der Waals surface area (Å²) in [4.78, 5) is 24.5. The molecule has 3 aliphatic rings. The zero-order chi connectivity index (χ0) is 26.3. The van der Waals surface area contributed by atoms with Crippen LogP contribution in [-0.2, 0) is 5.41 Å². The quantitative estimate of drug-likeness (QED) is 0.406. The third-order valence-electron chi connectivity index (χ3n) is 10.0. The van der Waals surface area contributed by atoms with E-state index in [1.165, 1.54) is 43.2 Å². The van der Waals surface area contributed by atoms with Crippen molar-refractivity contribution in [1.29, 1.82) is 0 Å². The van der Waals surface area contributed by atoms with Crippen molar-refractivity contribution in [1.82, 2.24) is 24.3 Å². The summed E-state index contributed by atoms with van der Waals surface area (Å²) < 4.78 is 2.53. The van der Waals surface area contributed by atoms with Gasteiger partial charge in [-0.05, 0) is 88.4 Å². The number of likely N-dealkylation sites (tertiary alicyclic amines) is 1. The van der Waals surface area contributed by atoms with Gasteiger partial charge in [0, 0.05) is 44.8 Å². The molecule has 0 saturated carbocycles. The maximum atomic E-state index is 12.8. The third-order valence-corrected chi connectivity index (χ3v) is 10.0. The highest BCUT2D eigenvalue weighted by atomic mass is 16.2. The Morgan fingerprint density at radius 2 is 1.63 bits per heavy atom. The molecule has 38 heavy (non-hydrogen) atoms. The molecule has 202 valence electrons. The van der Waals surface area contributed by atoms with Crippen LogP contribution in [0.5, 0.6) is 0 Å². The van der Waals surface area contributed by atoms with Crippen LogP contribution in [0.4, 0.5) is 4.79 Å². The van der Waals surface area contributed by atoms with Gasteiger partial charge in [0.25, 0.3) is 0 Å². The van der Waals surface area contributed by atoms with E-state index in [-0.39, 0.29) is 11.4 Å². The first-order valence-corrected chi connectivity index (χ1v) is 14.7. The predicted octanol–water partition coefficient (Wildman–Crippen LogP) is 6.01. The summed E-state index contributed by atoms with van der Waals surface area (Å²) in [5.41, 5.74) is 4.02. The number of hydrogen-bond donors (Lipinski definition) is 0. The number of imidazole rings is 1. The molecule has 3 aromatic rings. The number of para-hydroxylation sites is 2. The van der Waals surface area contributed by atoms with Crippen molar-refractivity contribution in [2.75, 3.05) is 33.2 Å². The van der Waals surface area contributed by atoms with E-state index < -0.39 is 0 Å². The minimum atomic E-state index is 0.149. The van der Waals surface area contributed by atoms with Crippen LogP contribution in [-0.4, -0.2) is 75.6 Å².